The van der Waals surface area contributed by atoms with Crippen molar-refractivity contribution in [1.29, 1.82) is 0 Å². The summed E-state index contributed by atoms with van der Waals surface area (Å²) in [5, 5.41) is 0. The van der Waals surface area contributed by atoms with Gasteiger partial charge < -0.3 is 9.47 Å². The Bertz CT molecular complexity index is 127. The first-order valence-corrected chi connectivity index (χ1v) is 5.00. The van der Waals surface area contributed by atoms with Gasteiger partial charge in [-0.1, -0.05) is 32.1 Å². The largest absolute Gasteiger partial charge is 0.379 e. The average molecular weight is 184 g/mol. The summed E-state index contributed by atoms with van der Waals surface area (Å²) in [6.45, 7) is 4.71. The fourth-order valence-electron chi connectivity index (χ4n) is 0.982. The second-order valence-electron chi connectivity index (χ2n) is 2.93. The van der Waals surface area contributed by atoms with Gasteiger partial charge >= 0.3 is 0 Å². The monoisotopic (exact) mass is 184 g/mol. The second-order valence-corrected chi connectivity index (χ2v) is 2.93. The van der Waals surface area contributed by atoms with E-state index in [0.717, 1.165) is 13.0 Å². The fraction of sp³-hybridized carbons (Fsp3) is 0.818. The maximum Gasteiger partial charge on any atom is 0.107 e. The molecule has 0 saturated carbocycles. The Balaban J connectivity index is 2.80. The van der Waals surface area contributed by atoms with Gasteiger partial charge in [-0.25, -0.2) is 0 Å². The third-order valence-corrected chi connectivity index (χ3v) is 1.70. The van der Waals surface area contributed by atoms with Crippen LogP contribution in [0.3, 0.4) is 0 Å². The highest BCUT2D eigenvalue weighted by atomic mass is 16.5. The van der Waals surface area contributed by atoms with Crippen LogP contribution in [0.1, 0.15) is 32.6 Å². The molecule has 0 aliphatic rings. The van der Waals surface area contributed by atoms with Crippen LogP contribution in [-0.4, -0.2) is 26.4 Å². The van der Waals surface area contributed by atoms with Crippen molar-refractivity contribution in [1.82, 2.24) is 0 Å². The molecule has 13 heavy (non-hydrogen) atoms. The fourth-order valence-corrected chi connectivity index (χ4v) is 0.982. The molecule has 0 unspecified atom stereocenters. The third-order valence-electron chi connectivity index (χ3n) is 1.70. The summed E-state index contributed by atoms with van der Waals surface area (Å²) in [5.74, 6) is 2.41. The lowest BCUT2D eigenvalue weighted by Gasteiger charge is -2.03. The molecule has 2 heteroatoms. The van der Waals surface area contributed by atoms with Crippen LogP contribution in [-0.2, 0) is 9.47 Å². The molecule has 0 aromatic carbocycles. The molecule has 0 heterocycles. The standard InChI is InChI=1S/C11H20O2/c1-3-5-6-7-9-13-11-10-12-8-4-2/h2H,3,5-11H2,1H3. The highest BCUT2D eigenvalue weighted by Gasteiger charge is 1.89. The summed E-state index contributed by atoms with van der Waals surface area (Å²) in [6.07, 6.45) is 10.0. The molecule has 0 fully saturated rings. The van der Waals surface area contributed by atoms with Crippen molar-refractivity contribution < 1.29 is 9.47 Å². The van der Waals surface area contributed by atoms with E-state index in [9.17, 15) is 0 Å². The molecular weight excluding hydrogens is 164 g/mol. The lowest BCUT2D eigenvalue weighted by molar-refractivity contribution is 0.0584. The topological polar surface area (TPSA) is 18.5 Å². The molecule has 0 amide bonds. The first-order chi connectivity index (χ1) is 6.41. The minimum Gasteiger partial charge on any atom is -0.379 e. The van der Waals surface area contributed by atoms with E-state index in [1.54, 1.807) is 0 Å². The molecule has 0 radical (unpaired) electrons. The van der Waals surface area contributed by atoms with Gasteiger partial charge in [0.1, 0.15) is 6.61 Å². The predicted octanol–water partition coefficient (Wildman–Crippen LogP) is 2.23. The van der Waals surface area contributed by atoms with Crippen LogP contribution in [0.4, 0.5) is 0 Å². The van der Waals surface area contributed by atoms with Gasteiger partial charge in [-0.15, -0.1) is 6.42 Å². The summed E-state index contributed by atoms with van der Waals surface area (Å²) in [7, 11) is 0. The molecule has 76 valence electrons. The van der Waals surface area contributed by atoms with Gasteiger partial charge in [-0.2, -0.15) is 0 Å². The summed E-state index contributed by atoms with van der Waals surface area (Å²) in [6, 6.07) is 0. The molecule has 0 aliphatic carbocycles. The van der Waals surface area contributed by atoms with Gasteiger partial charge in [-0.05, 0) is 6.42 Å². The van der Waals surface area contributed by atoms with E-state index < -0.39 is 0 Å². The highest BCUT2D eigenvalue weighted by molar-refractivity contribution is 4.82. The van der Waals surface area contributed by atoms with Crippen LogP contribution in [0.2, 0.25) is 0 Å². The maximum atomic E-state index is 5.33. The van der Waals surface area contributed by atoms with Crippen molar-refractivity contribution in [2.75, 3.05) is 26.4 Å². The molecule has 0 bridgehead atoms. The Morgan fingerprint density at radius 3 is 2.46 bits per heavy atom. The highest BCUT2D eigenvalue weighted by Crippen LogP contribution is 1.98. The van der Waals surface area contributed by atoms with Crippen LogP contribution < -0.4 is 0 Å². The van der Waals surface area contributed by atoms with Gasteiger partial charge in [0.05, 0.1) is 13.2 Å². The maximum absolute atomic E-state index is 5.33. The van der Waals surface area contributed by atoms with E-state index in [1.165, 1.54) is 19.3 Å². The lowest BCUT2D eigenvalue weighted by atomic mass is 10.2. The van der Waals surface area contributed by atoms with Gasteiger partial charge in [-0.3, -0.25) is 0 Å². The van der Waals surface area contributed by atoms with Crippen molar-refractivity contribution >= 4 is 0 Å². The molecule has 0 atom stereocenters. The van der Waals surface area contributed by atoms with Crippen molar-refractivity contribution in [3.63, 3.8) is 0 Å². The average Bonchev–Trinajstić information content (AvgIpc) is 2.16. The van der Waals surface area contributed by atoms with E-state index in [-0.39, 0.29) is 0 Å². The Morgan fingerprint density at radius 2 is 1.77 bits per heavy atom. The molecule has 0 aliphatic heterocycles. The minimum absolute atomic E-state index is 0.388. The second kappa shape index (κ2) is 11.5. The molecule has 0 aromatic rings. The summed E-state index contributed by atoms with van der Waals surface area (Å²) in [5.41, 5.74) is 0. The molecule has 0 spiro atoms. The summed E-state index contributed by atoms with van der Waals surface area (Å²) in [4.78, 5) is 0. The van der Waals surface area contributed by atoms with Crippen LogP contribution in [0.25, 0.3) is 0 Å². The van der Waals surface area contributed by atoms with Crippen LogP contribution in [0.5, 0.6) is 0 Å². The van der Waals surface area contributed by atoms with Crippen LogP contribution >= 0.6 is 0 Å². The van der Waals surface area contributed by atoms with Crippen molar-refractivity contribution in [2.24, 2.45) is 0 Å². The first kappa shape index (κ1) is 12.5. The van der Waals surface area contributed by atoms with Crippen molar-refractivity contribution in [3.8, 4) is 12.3 Å². The van der Waals surface area contributed by atoms with Crippen LogP contribution in [0.15, 0.2) is 0 Å². The molecule has 0 N–H and O–H groups in total. The molecule has 0 aromatic heterocycles. The van der Waals surface area contributed by atoms with E-state index in [1.807, 2.05) is 0 Å². The normalized spacial score (nSPS) is 9.85. The van der Waals surface area contributed by atoms with Crippen molar-refractivity contribution in [3.05, 3.63) is 0 Å². The van der Waals surface area contributed by atoms with Gasteiger partial charge in [0.2, 0.25) is 0 Å². The Morgan fingerprint density at radius 1 is 1.00 bits per heavy atom. The van der Waals surface area contributed by atoms with E-state index in [4.69, 9.17) is 15.9 Å². The van der Waals surface area contributed by atoms with E-state index >= 15 is 0 Å². The zero-order valence-corrected chi connectivity index (χ0v) is 8.55. The van der Waals surface area contributed by atoms with Crippen LogP contribution in [0, 0.1) is 12.3 Å². The summed E-state index contributed by atoms with van der Waals surface area (Å²) >= 11 is 0. The number of hydrogen-bond donors (Lipinski definition) is 0. The molecule has 2 nitrogen and oxygen atoms in total. The Hall–Kier alpha value is -0.520. The van der Waals surface area contributed by atoms with Gasteiger partial charge in [0.15, 0.2) is 0 Å². The number of rotatable bonds is 9. The number of ether oxygens (including phenoxy) is 2. The molecular formula is C11H20O2. The van der Waals surface area contributed by atoms with Crippen molar-refractivity contribution in [2.45, 2.75) is 32.6 Å². The predicted molar refractivity (Wildman–Crippen MR) is 54.6 cm³/mol. The lowest BCUT2D eigenvalue weighted by Crippen LogP contribution is -2.05. The smallest absolute Gasteiger partial charge is 0.107 e. The SMILES string of the molecule is C#CCOCCOCCCCCC. The quantitative estimate of drug-likeness (QED) is 0.404. The van der Waals surface area contributed by atoms with Gasteiger partial charge in [0, 0.05) is 6.61 Å². The zero-order valence-electron chi connectivity index (χ0n) is 8.55. The summed E-state index contributed by atoms with van der Waals surface area (Å²) < 4.78 is 10.4. The molecule has 0 saturated heterocycles. The van der Waals surface area contributed by atoms with E-state index in [2.05, 4.69) is 12.8 Å². The number of unbranched alkanes of at least 4 members (excludes halogenated alkanes) is 3. The van der Waals surface area contributed by atoms with E-state index in [0.29, 0.717) is 19.8 Å². The number of terminal acetylenes is 1. The first-order valence-electron chi connectivity index (χ1n) is 5.00. The Kier molecular flexibility index (Phi) is 11.0. The zero-order chi connectivity index (χ0) is 9.78. The minimum atomic E-state index is 0.388. The number of hydrogen-bond acceptors (Lipinski definition) is 2. The molecule has 0 rings (SSSR count). The van der Waals surface area contributed by atoms with Gasteiger partial charge in [0.25, 0.3) is 0 Å². The third kappa shape index (κ3) is 11.5. The Labute approximate surface area is 81.6 Å².